The highest BCUT2D eigenvalue weighted by atomic mass is 16.1. The maximum atomic E-state index is 12.1. The molecule has 6 nitrogen and oxygen atoms in total. The summed E-state index contributed by atoms with van der Waals surface area (Å²) in [4.78, 5) is 20.2. The van der Waals surface area contributed by atoms with Gasteiger partial charge in [-0.3, -0.25) is 4.79 Å². The lowest BCUT2D eigenvalue weighted by Crippen LogP contribution is -2.15. The van der Waals surface area contributed by atoms with Crippen molar-refractivity contribution in [3.8, 4) is 6.07 Å². The minimum Gasteiger partial charge on any atom is -0.351 e. The van der Waals surface area contributed by atoms with Crippen molar-refractivity contribution < 1.29 is 4.79 Å². The molecular formula is C15H13N5O. The summed E-state index contributed by atoms with van der Waals surface area (Å²) in [7, 11) is 0. The zero-order valence-corrected chi connectivity index (χ0v) is 11.2. The SMILES string of the molecule is C=CCNc1nccc(C(=O)Nc2cccc(C#N)c2)n1. The molecule has 1 aromatic carbocycles. The van der Waals surface area contributed by atoms with E-state index < -0.39 is 0 Å². The Labute approximate surface area is 122 Å². The fraction of sp³-hybridized carbons (Fsp3) is 0.0667. The number of anilines is 2. The summed E-state index contributed by atoms with van der Waals surface area (Å²) < 4.78 is 0. The van der Waals surface area contributed by atoms with E-state index in [0.717, 1.165) is 0 Å². The first-order chi connectivity index (χ1) is 10.2. The highest BCUT2D eigenvalue weighted by molar-refractivity contribution is 6.03. The minimum absolute atomic E-state index is 0.235. The van der Waals surface area contributed by atoms with Crippen LogP contribution in [-0.4, -0.2) is 22.4 Å². The number of hydrogen-bond donors (Lipinski definition) is 2. The lowest BCUT2D eigenvalue weighted by atomic mass is 10.2. The molecule has 0 aliphatic rings. The molecule has 1 amide bonds. The van der Waals surface area contributed by atoms with Crippen LogP contribution in [0.3, 0.4) is 0 Å². The Morgan fingerprint density at radius 2 is 2.29 bits per heavy atom. The van der Waals surface area contributed by atoms with Crippen LogP contribution < -0.4 is 10.6 Å². The zero-order valence-electron chi connectivity index (χ0n) is 11.2. The van der Waals surface area contributed by atoms with E-state index in [-0.39, 0.29) is 11.6 Å². The van der Waals surface area contributed by atoms with Crippen LogP contribution >= 0.6 is 0 Å². The van der Waals surface area contributed by atoms with Crippen LogP contribution in [0.15, 0.2) is 49.2 Å². The number of benzene rings is 1. The molecule has 0 radical (unpaired) electrons. The topological polar surface area (TPSA) is 90.7 Å². The van der Waals surface area contributed by atoms with Crippen LogP contribution in [0.1, 0.15) is 16.1 Å². The molecule has 2 aromatic rings. The number of aromatic nitrogens is 2. The molecule has 0 saturated carbocycles. The van der Waals surface area contributed by atoms with Crippen molar-refractivity contribution in [1.82, 2.24) is 9.97 Å². The van der Waals surface area contributed by atoms with Gasteiger partial charge in [-0.2, -0.15) is 5.26 Å². The molecule has 0 atom stereocenters. The molecular weight excluding hydrogens is 266 g/mol. The second-order valence-electron chi connectivity index (χ2n) is 4.08. The van der Waals surface area contributed by atoms with Gasteiger partial charge in [-0.25, -0.2) is 9.97 Å². The lowest BCUT2D eigenvalue weighted by molar-refractivity contribution is 0.102. The Balaban J connectivity index is 2.12. The van der Waals surface area contributed by atoms with Gasteiger partial charge in [0.05, 0.1) is 11.6 Å². The Kier molecular flexibility index (Phi) is 4.62. The maximum Gasteiger partial charge on any atom is 0.274 e. The molecule has 2 N–H and O–H groups in total. The number of amides is 1. The average molecular weight is 279 g/mol. The number of nitrogens with one attached hydrogen (secondary N) is 2. The fourth-order valence-electron chi connectivity index (χ4n) is 1.60. The highest BCUT2D eigenvalue weighted by Gasteiger charge is 2.09. The number of nitriles is 1. The summed E-state index contributed by atoms with van der Waals surface area (Å²) >= 11 is 0. The van der Waals surface area contributed by atoms with E-state index in [1.165, 1.54) is 12.3 Å². The molecule has 0 spiro atoms. The van der Waals surface area contributed by atoms with E-state index >= 15 is 0 Å². The number of hydrogen-bond acceptors (Lipinski definition) is 5. The predicted octanol–water partition coefficient (Wildman–Crippen LogP) is 2.20. The van der Waals surface area contributed by atoms with Gasteiger partial charge in [-0.05, 0) is 24.3 Å². The minimum atomic E-state index is -0.367. The monoisotopic (exact) mass is 279 g/mol. The lowest BCUT2D eigenvalue weighted by Gasteiger charge is -2.06. The normalized spacial score (nSPS) is 9.48. The van der Waals surface area contributed by atoms with Crippen LogP contribution in [0.5, 0.6) is 0 Å². The third kappa shape index (κ3) is 3.88. The van der Waals surface area contributed by atoms with E-state index in [1.807, 2.05) is 6.07 Å². The quantitative estimate of drug-likeness (QED) is 0.819. The third-order valence-corrected chi connectivity index (χ3v) is 2.54. The first kappa shape index (κ1) is 14.2. The van der Waals surface area contributed by atoms with E-state index in [4.69, 9.17) is 5.26 Å². The summed E-state index contributed by atoms with van der Waals surface area (Å²) in [6, 6.07) is 10.2. The number of carbonyl (C=O) groups excluding carboxylic acids is 1. The van der Waals surface area contributed by atoms with Gasteiger partial charge in [-0.1, -0.05) is 12.1 Å². The van der Waals surface area contributed by atoms with Crippen molar-refractivity contribution >= 4 is 17.5 Å². The van der Waals surface area contributed by atoms with Gasteiger partial charge in [0.2, 0.25) is 5.95 Å². The van der Waals surface area contributed by atoms with E-state index in [1.54, 1.807) is 30.3 Å². The van der Waals surface area contributed by atoms with Crippen molar-refractivity contribution in [3.05, 3.63) is 60.4 Å². The van der Waals surface area contributed by atoms with Crippen molar-refractivity contribution in [2.24, 2.45) is 0 Å². The van der Waals surface area contributed by atoms with Crippen molar-refractivity contribution in [1.29, 1.82) is 5.26 Å². The van der Waals surface area contributed by atoms with Crippen molar-refractivity contribution in [2.75, 3.05) is 17.2 Å². The van der Waals surface area contributed by atoms with E-state index in [9.17, 15) is 4.79 Å². The van der Waals surface area contributed by atoms with Crippen LogP contribution in [0, 0.1) is 11.3 Å². The van der Waals surface area contributed by atoms with Gasteiger partial charge in [0, 0.05) is 18.4 Å². The summed E-state index contributed by atoms with van der Waals surface area (Å²) in [5, 5.41) is 14.4. The summed E-state index contributed by atoms with van der Waals surface area (Å²) in [6.45, 7) is 4.09. The van der Waals surface area contributed by atoms with Crippen LogP contribution in [-0.2, 0) is 0 Å². The molecule has 1 heterocycles. The molecule has 0 unspecified atom stereocenters. The molecule has 0 saturated heterocycles. The summed E-state index contributed by atoms with van der Waals surface area (Å²) in [5.74, 6) is -0.0116. The van der Waals surface area contributed by atoms with Crippen LogP contribution in [0.4, 0.5) is 11.6 Å². The Hall–Kier alpha value is -3.20. The van der Waals surface area contributed by atoms with Gasteiger partial charge in [0.25, 0.3) is 5.91 Å². The molecule has 0 bridgehead atoms. The first-order valence-electron chi connectivity index (χ1n) is 6.22. The number of rotatable bonds is 5. The van der Waals surface area contributed by atoms with Crippen LogP contribution in [0.2, 0.25) is 0 Å². The second kappa shape index (κ2) is 6.82. The van der Waals surface area contributed by atoms with E-state index in [0.29, 0.717) is 23.7 Å². The number of nitrogens with zero attached hydrogens (tertiary/aromatic N) is 3. The second-order valence-corrected chi connectivity index (χ2v) is 4.08. The number of carbonyl (C=O) groups is 1. The highest BCUT2D eigenvalue weighted by Crippen LogP contribution is 2.11. The third-order valence-electron chi connectivity index (χ3n) is 2.54. The Morgan fingerprint density at radius 1 is 1.43 bits per heavy atom. The standard InChI is InChI=1S/C15H13N5O/c1-2-7-17-15-18-8-6-13(20-15)14(21)19-12-5-3-4-11(9-12)10-16/h2-6,8-9H,1,7H2,(H,19,21)(H,17,18,20). The van der Waals surface area contributed by atoms with Gasteiger partial charge in [0.1, 0.15) is 5.69 Å². The first-order valence-corrected chi connectivity index (χ1v) is 6.22. The molecule has 6 heteroatoms. The molecule has 0 aliphatic carbocycles. The average Bonchev–Trinajstić information content (AvgIpc) is 2.53. The smallest absolute Gasteiger partial charge is 0.274 e. The molecule has 21 heavy (non-hydrogen) atoms. The van der Waals surface area contributed by atoms with Gasteiger partial charge >= 0.3 is 0 Å². The van der Waals surface area contributed by atoms with Crippen molar-refractivity contribution in [2.45, 2.75) is 0 Å². The van der Waals surface area contributed by atoms with Gasteiger partial charge in [-0.15, -0.1) is 6.58 Å². The Bertz CT molecular complexity index is 705. The predicted molar refractivity (Wildman–Crippen MR) is 79.8 cm³/mol. The molecule has 0 fully saturated rings. The van der Waals surface area contributed by atoms with Crippen LogP contribution in [0.25, 0.3) is 0 Å². The summed E-state index contributed by atoms with van der Waals surface area (Å²) in [5.41, 5.74) is 1.25. The molecule has 2 rings (SSSR count). The van der Waals surface area contributed by atoms with E-state index in [2.05, 4.69) is 27.2 Å². The largest absolute Gasteiger partial charge is 0.351 e. The molecule has 104 valence electrons. The molecule has 0 aliphatic heterocycles. The zero-order chi connectivity index (χ0) is 15.1. The maximum absolute atomic E-state index is 12.1. The van der Waals surface area contributed by atoms with Crippen molar-refractivity contribution in [3.63, 3.8) is 0 Å². The molecule has 1 aromatic heterocycles. The summed E-state index contributed by atoms with van der Waals surface area (Å²) in [6.07, 6.45) is 3.17. The fourth-order valence-corrected chi connectivity index (χ4v) is 1.60. The van der Waals surface area contributed by atoms with Gasteiger partial charge in [0.15, 0.2) is 0 Å². The Morgan fingerprint density at radius 3 is 3.05 bits per heavy atom. The van der Waals surface area contributed by atoms with Gasteiger partial charge < -0.3 is 10.6 Å².